The third-order valence-corrected chi connectivity index (χ3v) is 6.05. The molecule has 1 N–H and O–H groups in total. The molecule has 1 saturated carbocycles. The van der Waals surface area contributed by atoms with Crippen molar-refractivity contribution in [1.82, 2.24) is 0 Å². The van der Waals surface area contributed by atoms with E-state index >= 15 is 0 Å². The lowest BCUT2D eigenvalue weighted by Crippen LogP contribution is -2.30. The molecule has 0 radical (unpaired) electrons. The molecule has 0 aromatic heterocycles. The molecule has 1 aromatic rings. The van der Waals surface area contributed by atoms with Crippen LogP contribution in [-0.4, -0.2) is 5.11 Å². The van der Waals surface area contributed by atoms with Gasteiger partial charge in [-0.3, -0.25) is 0 Å². The second kappa shape index (κ2) is 7.35. The number of hydrogen-bond acceptors (Lipinski definition) is 1. The Morgan fingerprint density at radius 1 is 1.17 bits per heavy atom. The van der Waals surface area contributed by atoms with Crippen molar-refractivity contribution in [2.75, 3.05) is 0 Å². The van der Waals surface area contributed by atoms with E-state index in [9.17, 15) is 13.9 Å². The molecule has 1 atom stereocenters. The summed E-state index contributed by atoms with van der Waals surface area (Å²) in [4.78, 5) is 0. The summed E-state index contributed by atoms with van der Waals surface area (Å²) in [7, 11) is 0. The van der Waals surface area contributed by atoms with Gasteiger partial charge in [-0.05, 0) is 62.8 Å². The molecule has 2 aliphatic rings. The molecule has 132 valence electrons. The van der Waals surface area contributed by atoms with Crippen LogP contribution >= 0.6 is 0 Å². The van der Waals surface area contributed by atoms with E-state index in [0.717, 1.165) is 18.4 Å². The van der Waals surface area contributed by atoms with E-state index in [2.05, 4.69) is 13.0 Å². The van der Waals surface area contributed by atoms with Gasteiger partial charge in [0.05, 0.1) is 5.60 Å². The van der Waals surface area contributed by atoms with Gasteiger partial charge in [-0.15, -0.1) is 0 Å². The topological polar surface area (TPSA) is 20.2 Å². The fourth-order valence-electron chi connectivity index (χ4n) is 4.56. The number of allylic oxidation sites excluding steroid dienone is 1. The summed E-state index contributed by atoms with van der Waals surface area (Å²) in [5.74, 6) is -0.282. The highest BCUT2D eigenvalue weighted by Crippen LogP contribution is 2.43. The van der Waals surface area contributed by atoms with Crippen molar-refractivity contribution in [3.05, 3.63) is 47.0 Å². The maximum atomic E-state index is 14.0. The standard InChI is InChI=1S/C21H28F2O/c1-2-4-15-7-9-16(10-8-15)17-11-13-21(24,14-12-17)18-5-3-6-19(22)20(18)23/h3,5-6,11,15-16,24H,2,4,7-10,12-14H2,1H3/t15-,16-,21?. The van der Waals surface area contributed by atoms with Crippen LogP contribution in [0.25, 0.3) is 0 Å². The average Bonchev–Trinajstić information content (AvgIpc) is 2.59. The molecule has 3 rings (SSSR count). The van der Waals surface area contributed by atoms with Crippen LogP contribution in [-0.2, 0) is 5.60 Å². The van der Waals surface area contributed by atoms with Crippen LogP contribution in [0.3, 0.4) is 0 Å². The molecule has 0 aliphatic heterocycles. The van der Waals surface area contributed by atoms with Crippen LogP contribution in [0, 0.1) is 23.5 Å². The predicted molar refractivity (Wildman–Crippen MR) is 92.5 cm³/mol. The quantitative estimate of drug-likeness (QED) is 0.683. The molecule has 2 aliphatic carbocycles. The first kappa shape index (κ1) is 17.6. The van der Waals surface area contributed by atoms with Gasteiger partial charge < -0.3 is 5.11 Å². The van der Waals surface area contributed by atoms with E-state index in [1.165, 1.54) is 56.2 Å². The van der Waals surface area contributed by atoms with Gasteiger partial charge in [0.2, 0.25) is 0 Å². The smallest absolute Gasteiger partial charge is 0.164 e. The fourth-order valence-corrected chi connectivity index (χ4v) is 4.56. The Labute approximate surface area is 143 Å². The minimum absolute atomic E-state index is 0.101. The van der Waals surface area contributed by atoms with Crippen LogP contribution in [0.2, 0.25) is 0 Å². The lowest BCUT2D eigenvalue weighted by atomic mass is 9.71. The molecule has 0 saturated heterocycles. The summed E-state index contributed by atoms with van der Waals surface area (Å²) in [6.07, 6.45) is 11.4. The lowest BCUT2D eigenvalue weighted by Gasteiger charge is -2.36. The van der Waals surface area contributed by atoms with Crippen molar-refractivity contribution < 1.29 is 13.9 Å². The van der Waals surface area contributed by atoms with E-state index in [1.54, 1.807) is 0 Å². The van der Waals surface area contributed by atoms with E-state index in [4.69, 9.17) is 0 Å². The van der Waals surface area contributed by atoms with E-state index in [-0.39, 0.29) is 5.56 Å². The van der Waals surface area contributed by atoms with Gasteiger partial charge in [0.1, 0.15) is 0 Å². The molecular formula is C21H28F2O. The normalized spacial score (nSPS) is 30.9. The van der Waals surface area contributed by atoms with Gasteiger partial charge in [-0.2, -0.15) is 0 Å². The predicted octanol–water partition coefficient (Wildman–Crippen LogP) is 5.87. The lowest BCUT2D eigenvalue weighted by molar-refractivity contribution is 0.0201. The molecule has 0 amide bonds. The Bertz CT molecular complexity index is 602. The molecule has 1 fully saturated rings. The van der Waals surface area contributed by atoms with Gasteiger partial charge in [-0.1, -0.05) is 43.5 Å². The second-order valence-corrected chi connectivity index (χ2v) is 7.62. The Kier molecular flexibility index (Phi) is 5.39. The summed E-state index contributed by atoms with van der Waals surface area (Å²) < 4.78 is 27.5. The van der Waals surface area contributed by atoms with Crippen LogP contribution in [0.1, 0.15) is 70.3 Å². The van der Waals surface area contributed by atoms with Gasteiger partial charge in [-0.25, -0.2) is 8.78 Å². The molecule has 0 heterocycles. The second-order valence-electron chi connectivity index (χ2n) is 7.62. The molecule has 0 spiro atoms. The van der Waals surface area contributed by atoms with Crippen LogP contribution in [0.4, 0.5) is 8.78 Å². The minimum atomic E-state index is -1.27. The summed E-state index contributed by atoms with van der Waals surface area (Å²) in [5, 5.41) is 10.8. The van der Waals surface area contributed by atoms with E-state index in [1.807, 2.05) is 0 Å². The number of hydrogen-bond donors (Lipinski definition) is 1. The first-order valence-corrected chi connectivity index (χ1v) is 9.39. The highest BCUT2D eigenvalue weighted by atomic mass is 19.2. The molecule has 1 aromatic carbocycles. The summed E-state index contributed by atoms with van der Waals surface area (Å²) in [5.41, 5.74) is 0.255. The molecule has 3 heteroatoms. The minimum Gasteiger partial charge on any atom is -0.385 e. The van der Waals surface area contributed by atoms with Gasteiger partial charge >= 0.3 is 0 Å². The fraction of sp³-hybridized carbons (Fsp3) is 0.619. The summed E-state index contributed by atoms with van der Waals surface area (Å²) in [6, 6.07) is 4.08. The SMILES string of the molecule is CCC[C@H]1CC[C@H](C2=CCC(O)(c3cccc(F)c3F)CC2)CC1. The maximum Gasteiger partial charge on any atom is 0.164 e. The van der Waals surface area contributed by atoms with Gasteiger partial charge in [0.25, 0.3) is 0 Å². The Morgan fingerprint density at radius 3 is 2.54 bits per heavy atom. The molecule has 1 unspecified atom stereocenters. The van der Waals surface area contributed by atoms with Crippen LogP contribution in [0.5, 0.6) is 0 Å². The first-order chi connectivity index (χ1) is 11.5. The van der Waals surface area contributed by atoms with Crippen molar-refractivity contribution in [1.29, 1.82) is 0 Å². The average molecular weight is 334 g/mol. The Hall–Kier alpha value is -1.22. The Morgan fingerprint density at radius 2 is 1.92 bits per heavy atom. The zero-order valence-electron chi connectivity index (χ0n) is 14.5. The van der Waals surface area contributed by atoms with E-state index in [0.29, 0.717) is 18.8 Å². The largest absolute Gasteiger partial charge is 0.385 e. The molecular weight excluding hydrogens is 306 g/mol. The monoisotopic (exact) mass is 334 g/mol. The summed E-state index contributed by atoms with van der Waals surface area (Å²) in [6.45, 7) is 2.25. The highest BCUT2D eigenvalue weighted by Gasteiger charge is 2.36. The van der Waals surface area contributed by atoms with Crippen molar-refractivity contribution >= 4 is 0 Å². The van der Waals surface area contributed by atoms with Crippen molar-refractivity contribution in [3.63, 3.8) is 0 Å². The number of benzene rings is 1. The highest BCUT2D eigenvalue weighted by molar-refractivity contribution is 5.29. The summed E-state index contributed by atoms with van der Waals surface area (Å²) >= 11 is 0. The van der Waals surface area contributed by atoms with Gasteiger partial charge in [0.15, 0.2) is 11.6 Å². The maximum absolute atomic E-state index is 14.0. The third-order valence-electron chi connectivity index (χ3n) is 6.05. The van der Waals surface area contributed by atoms with Gasteiger partial charge in [0, 0.05) is 5.56 Å². The number of aliphatic hydroxyl groups is 1. The van der Waals surface area contributed by atoms with E-state index < -0.39 is 17.2 Å². The van der Waals surface area contributed by atoms with Crippen LogP contribution < -0.4 is 0 Å². The molecule has 1 nitrogen and oxygen atoms in total. The van der Waals surface area contributed by atoms with Crippen molar-refractivity contribution in [2.24, 2.45) is 11.8 Å². The number of rotatable bonds is 4. The number of halogens is 2. The zero-order valence-corrected chi connectivity index (χ0v) is 14.5. The van der Waals surface area contributed by atoms with Crippen molar-refractivity contribution in [3.8, 4) is 0 Å². The Balaban J connectivity index is 1.67. The third kappa shape index (κ3) is 3.56. The molecule has 24 heavy (non-hydrogen) atoms. The first-order valence-electron chi connectivity index (χ1n) is 9.39. The van der Waals surface area contributed by atoms with Crippen LogP contribution in [0.15, 0.2) is 29.8 Å². The van der Waals surface area contributed by atoms with Crippen molar-refractivity contribution in [2.45, 2.75) is 70.3 Å². The molecule has 0 bridgehead atoms. The zero-order chi connectivity index (χ0) is 17.2.